The van der Waals surface area contributed by atoms with Gasteiger partial charge in [-0.3, -0.25) is 4.79 Å². The third-order valence-corrected chi connectivity index (χ3v) is 3.67. The number of hydrogen-bond acceptors (Lipinski definition) is 5. The summed E-state index contributed by atoms with van der Waals surface area (Å²) < 4.78 is 0. The van der Waals surface area contributed by atoms with Crippen LogP contribution in [0.3, 0.4) is 0 Å². The Labute approximate surface area is 119 Å². The first-order valence-corrected chi connectivity index (χ1v) is 6.95. The smallest absolute Gasteiger partial charge is 0.294 e. The minimum absolute atomic E-state index is 0.0527. The Morgan fingerprint density at radius 1 is 1.45 bits per heavy atom. The molecule has 1 saturated heterocycles. The van der Waals surface area contributed by atoms with Crippen molar-refractivity contribution < 1.29 is 14.7 Å². The SMILES string of the molecule is CC(C)(N)CC(=O)N1CCCC(C)(CO[N+](=O)[O-])CC1. The van der Waals surface area contributed by atoms with E-state index in [-0.39, 0.29) is 17.9 Å². The van der Waals surface area contributed by atoms with Crippen molar-refractivity contribution in [2.45, 2.75) is 52.0 Å². The summed E-state index contributed by atoms with van der Waals surface area (Å²) in [4.78, 5) is 28.8. The van der Waals surface area contributed by atoms with Crippen LogP contribution in [-0.2, 0) is 9.63 Å². The van der Waals surface area contributed by atoms with E-state index in [1.165, 1.54) is 0 Å². The Kier molecular flexibility index (Phi) is 5.33. The van der Waals surface area contributed by atoms with Crippen LogP contribution in [0.1, 0.15) is 46.5 Å². The normalized spacial score (nSPS) is 24.1. The number of hydrogen-bond donors (Lipinski definition) is 1. The zero-order valence-electron chi connectivity index (χ0n) is 12.6. The second kappa shape index (κ2) is 6.39. The lowest BCUT2D eigenvalue weighted by atomic mass is 9.84. The Balaban J connectivity index is 2.54. The second-order valence-corrected chi connectivity index (χ2v) is 6.71. The topological polar surface area (TPSA) is 98.7 Å². The summed E-state index contributed by atoms with van der Waals surface area (Å²) in [6.45, 7) is 7.01. The maximum absolute atomic E-state index is 12.2. The summed E-state index contributed by atoms with van der Waals surface area (Å²) in [5.41, 5.74) is 5.11. The minimum Gasteiger partial charge on any atom is -0.343 e. The molecule has 0 aliphatic carbocycles. The van der Waals surface area contributed by atoms with Gasteiger partial charge in [0.1, 0.15) is 6.61 Å². The zero-order chi connectivity index (χ0) is 15.4. The average Bonchev–Trinajstić information content (AvgIpc) is 2.47. The van der Waals surface area contributed by atoms with Gasteiger partial charge in [0.05, 0.1) is 0 Å². The fourth-order valence-electron chi connectivity index (χ4n) is 2.44. The number of nitrogens with zero attached hydrogens (tertiary/aromatic N) is 2. The van der Waals surface area contributed by atoms with Gasteiger partial charge in [0.2, 0.25) is 5.91 Å². The standard InChI is InChI=1S/C13H25N3O4/c1-12(2,14)9-11(17)15-7-4-5-13(3,6-8-15)10-20-16(18)19/h4-10,14H2,1-3H3. The minimum atomic E-state index is -0.754. The predicted molar refractivity (Wildman–Crippen MR) is 74.4 cm³/mol. The highest BCUT2D eigenvalue weighted by atomic mass is 16.9. The molecular weight excluding hydrogens is 262 g/mol. The molecule has 1 heterocycles. The van der Waals surface area contributed by atoms with E-state index in [0.29, 0.717) is 25.9 Å². The molecule has 0 aromatic rings. The van der Waals surface area contributed by atoms with Crippen LogP contribution in [-0.4, -0.2) is 41.1 Å². The second-order valence-electron chi connectivity index (χ2n) is 6.71. The van der Waals surface area contributed by atoms with E-state index in [0.717, 1.165) is 12.8 Å². The van der Waals surface area contributed by atoms with Crippen LogP contribution in [0.25, 0.3) is 0 Å². The molecule has 1 atom stereocenters. The van der Waals surface area contributed by atoms with Gasteiger partial charge in [-0.15, -0.1) is 10.1 Å². The summed E-state index contributed by atoms with van der Waals surface area (Å²) in [6.07, 6.45) is 2.66. The molecule has 1 amide bonds. The van der Waals surface area contributed by atoms with E-state index in [4.69, 9.17) is 5.73 Å². The molecule has 7 nitrogen and oxygen atoms in total. The van der Waals surface area contributed by atoms with Crippen molar-refractivity contribution in [1.82, 2.24) is 4.90 Å². The van der Waals surface area contributed by atoms with Crippen LogP contribution in [0.2, 0.25) is 0 Å². The number of amides is 1. The summed E-state index contributed by atoms with van der Waals surface area (Å²) in [7, 11) is 0. The number of rotatable bonds is 5. The Morgan fingerprint density at radius 3 is 2.65 bits per heavy atom. The third-order valence-electron chi connectivity index (χ3n) is 3.67. The lowest BCUT2D eigenvalue weighted by Crippen LogP contribution is -2.41. The molecule has 1 aliphatic heterocycles. The largest absolute Gasteiger partial charge is 0.343 e. The van der Waals surface area contributed by atoms with Crippen LogP contribution in [0.15, 0.2) is 0 Å². The number of nitrogens with two attached hydrogens (primary N) is 1. The summed E-state index contributed by atoms with van der Waals surface area (Å²) in [6, 6.07) is 0. The van der Waals surface area contributed by atoms with Crippen LogP contribution in [0.4, 0.5) is 0 Å². The molecule has 0 saturated carbocycles. The lowest BCUT2D eigenvalue weighted by molar-refractivity contribution is -0.761. The first-order chi connectivity index (χ1) is 9.11. The first kappa shape index (κ1) is 16.7. The summed E-state index contributed by atoms with van der Waals surface area (Å²) >= 11 is 0. The highest BCUT2D eigenvalue weighted by Gasteiger charge is 2.31. The van der Waals surface area contributed by atoms with Crippen molar-refractivity contribution in [3.05, 3.63) is 10.1 Å². The zero-order valence-corrected chi connectivity index (χ0v) is 12.6. The van der Waals surface area contributed by atoms with Crippen molar-refractivity contribution in [2.24, 2.45) is 11.1 Å². The van der Waals surface area contributed by atoms with E-state index in [1.54, 1.807) is 0 Å². The molecular formula is C13H25N3O4. The molecule has 0 aromatic heterocycles. The van der Waals surface area contributed by atoms with E-state index < -0.39 is 10.6 Å². The lowest BCUT2D eigenvalue weighted by Gasteiger charge is -2.28. The maximum atomic E-state index is 12.2. The van der Waals surface area contributed by atoms with Crippen molar-refractivity contribution in [1.29, 1.82) is 0 Å². The maximum Gasteiger partial charge on any atom is 0.294 e. The van der Waals surface area contributed by atoms with Crippen LogP contribution in [0, 0.1) is 15.5 Å². The van der Waals surface area contributed by atoms with Gasteiger partial charge >= 0.3 is 0 Å². The van der Waals surface area contributed by atoms with Crippen molar-refractivity contribution in [3.8, 4) is 0 Å². The molecule has 0 aromatic carbocycles. The van der Waals surface area contributed by atoms with Crippen molar-refractivity contribution in [2.75, 3.05) is 19.7 Å². The van der Waals surface area contributed by atoms with Crippen LogP contribution < -0.4 is 5.73 Å². The van der Waals surface area contributed by atoms with Crippen molar-refractivity contribution in [3.63, 3.8) is 0 Å². The Bertz CT molecular complexity index is 367. The monoisotopic (exact) mass is 287 g/mol. The number of carbonyl (C=O) groups is 1. The Morgan fingerprint density at radius 2 is 2.10 bits per heavy atom. The molecule has 0 radical (unpaired) electrons. The number of carbonyl (C=O) groups excluding carboxylic acids is 1. The van der Waals surface area contributed by atoms with Gasteiger partial charge in [-0.1, -0.05) is 6.92 Å². The summed E-state index contributed by atoms with van der Waals surface area (Å²) in [5.74, 6) is 0.0527. The molecule has 1 unspecified atom stereocenters. The molecule has 7 heteroatoms. The number of likely N-dealkylation sites (tertiary alicyclic amines) is 1. The van der Waals surface area contributed by atoms with Crippen LogP contribution >= 0.6 is 0 Å². The van der Waals surface area contributed by atoms with E-state index in [1.807, 2.05) is 25.7 Å². The predicted octanol–water partition coefficient (Wildman–Crippen LogP) is 1.34. The van der Waals surface area contributed by atoms with Gasteiger partial charge in [0, 0.05) is 25.0 Å². The molecule has 2 N–H and O–H groups in total. The quantitative estimate of drug-likeness (QED) is 0.607. The first-order valence-electron chi connectivity index (χ1n) is 6.95. The van der Waals surface area contributed by atoms with Gasteiger partial charge in [-0.25, -0.2) is 0 Å². The van der Waals surface area contributed by atoms with Gasteiger partial charge in [-0.05, 0) is 38.5 Å². The molecule has 1 aliphatic rings. The van der Waals surface area contributed by atoms with Gasteiger partial charge in [0.15, 0.2) is 0 Å². The van der Waals surface area contributed by atoms with Gasteiger partial charge in [0.25, 0.3) is 5.09 Å². The average molecular weight is 287 g/mol. The molecule has 20 heavy (non-hydrogen) atoms. The third kappa shape index (κ3) is 5.73. The fraction of sp³-hybridized carbons (Fsp3) is 0.923. The van der Waals surface area contributed by atoms with Gasteiger partial charge in [-0.2, -0.15) is 0 Å². The summed E-state index contributed by atoms with van der Waals surface area (Å²) in [5, 5.41) is 9.55. The molecule has 1 fully saturated rings. The van der Waals surface area contributed by atoms with E-state index in [9.17, 15) is 14.9 Å². The van der Waals surface area contributed by atoms with E-state index in [2.05, 4.69) is 4.84 Å². The van der Waals surface area contributed by atoms with Crippen LogP contribution in [0.5, 0.6) is 0 Å². The molecule has 0 spiro atoms. The Hall–Kier alpha value is -1.37. The fourth-order valence-corrected chi connectivity index (χ4v) is 2.44. The van der Waals surface area contributed by atoms with E-state index >= 15 is 0 Å². The van der Waals surface area contributed by atoms with Crippen molar-refractivity contribution >= 4 is 5.91 Å². The highest BCUT2D eigenvalue weighted by Crippen LogP contribution is 2.31. The highest BCUT2D eigenvalue weighted by molar-refractivity contribution is 5.77. The molecule has 0 bridgehead atoms. The molecule has 1 rings (SSSR count). The molecule has 116 valence electrons. The van der Waals surface area contributed by atoms with Gasteiger partial charge < -0.3 is 15.5 Å².